The predicted molar refractivity (Wildman–Crippen MR) is 109 cm³/mol. The van der Waals surface area contributed by atoms with Crippen molar-refractivity contribution in [2.75, 3.05) is 17.2 Å². The van der Waals surface area contributed by atoms with Gasteiger partial charge >= 0.3 is 0 Å². The van der Waals surface area contributed by atoms with Gasteiger partial charge < -0.3 is 10.6 Å². The maximum absolute atomic E-state index is 4.68. The Morgan fingerprint density at radius 2 is 1.62 bits per heavy atom. The molecule has 4 heteroatoms. The number of rotatable bonds is 7. The van der Waals surface area contributed by atoms with E-state index >= 15 is 0 Å². The summed E-state index contributed by atoms with van der Waals surface area (Å²) in [5, 5.41) is 6.77. The molecule has 1 heterocycles. The molecule has 4 nitrogen and oxygen atoms in total. The topological polar surface area (TPSA) is 49.8 Å². The van der Waals surface area contributed by atoms with E-state index in [1.54, 1.807) is 0 Å². The van der Waals surface area contributed by atoms with Gasteiger partial charge in [-0.25, -0.2) is 4.98 Å². The SMILES string of the molecule is Cc1ccc(CNc2cc(-c3ccccc3)nc(NCC(C)C)n2)cc1. The summed E-state index contributed by atoms with van der Waals surface area (Å²) < 4.78 is 0. The van der Waals surface area contributed by atoms with Crippen LogP contribution in [0.1, 0.15) is 25.0 Å². The zero-order chi connectivity index (χ0) is 18.4. The molecule has 0 aliphatic carbocycles. The fourth-order valence-corrected chi connectivity index (χ4v) is 2.57. The molecular formula is C22H26N4. The quantitative estimate of drug-likeness (QED) is 0.622. The first-order chi connectivity index (χ1) is 12.6. The van der Waals surface area contributed by atoms with Gasteiger partial charge in [-0.2, -0.15) is 4.98 Å². The van der Waals surface area contributed by atoms with E-state index in [0.29, 0.717) is 11.9 Å². The van der Waals surface area contributed by atoms with Gasteiger partial charge in [-0.05, 0) is 18.4 Å². The first-order valence-electron chi connectivity index (χ1n) is 9.08. The fourth-order valence-electron chi connectivity index (χ4n) is 2.57. The van der Waals surface area contributed by atoms with Gasteiger partial charge in [0.25, 0.3) is 0 Å². The minimum atomic E-state index is 0.531. The Morgan fingerprint density at radius 1 is 0.885 bits per heavy atom. The third-order valence-electron chi connectivity index (χ3n) is 4.06. The fraction of sp³-hybridized carbons (Fsp3) is 0.273. The van der Waals surface area contributed by atoms with Crippen molar-refractivity contribution in [1.29, 1.82) is 0 Å². The number of hydrogen-bond donors (Lipinski definition) is 2. The summed E-state index contributed by atoms with van der Waals surface area (Å²) in [5.41, 5.74) is 4.49. The molecule has 0 fully saturated rings. The Hall–Kier alpha value is -2.88. The van der Waals surface area contributed by atoms with Crippen LogP contribution in [0.15, 0.2) is 60.7 Å². The molecule has 0 bridgehead atoms. The van der Waals surface area contributed by atoms with Crippen LogP contribution in [-0.2, 0) is 6.54 Å². The average Bonchev–Trinajstić information content (AvgIpc) is 2.66. The van der Waals surface area contributed by atoms with E-state index in [2.05, 4.69) is 77.8 Å². The van der Waals surface area contributed by atoms with Gasteiger partial charge in [0.1, 0.15) is 5.82 Å². The van der Waals surface area contributed by atoms with Crippen molar-refractivity contribution in [2.24, 2.45) is 5.92 Å². The number of anilines is 2. The Kier molecular flexibility index (Phi) is 5.84. The van der Waals surface area contributed by atoms with Gasteiger partial charge in [0, 0.05) is 24.7 Å². The van der Waals surface area contributed by atoms with Crippen LogP contribution in [0.3, 0.4) is 0 Å². The van der Waals surface area contributed by atoms with Crippen LogP contribution in [0, 0.1) is 12.8 Å². The molecule has 0 radical (unpaired) electrons. The summed E-state index contributed by atoms with van der Waals surface area (Å²) >= 11 is 0. The second-order valence-electron chi connectivity index (χ2n) is 6.94. The van der Waals surface area contributed by atoms with E-state index in [-0.39, 0.29) is 0 Å². The van der Waals surface area contributed by atoms with E-state index in [9.17, 15) is 0 Å². The van der Waals surface area contributed by atoms with E-state index in [4.69, 9.17) is 0 Å². The van der Waals surface area contributed by atoms with Gasteiger partial charge in [0.15, 0.2) is 0 Å². The van der Waals surface area contributed by atoms with Crippen molar-refractivity contribution in [3.8, 4) is 11.3 Å². The third kappa shape index (κ3) is 5.06. The molecule has 0 aliphatic heterocycles. The van der Waals surface area contributed by atoms with Gasteiger partial charge in [-0.3, -0.25) is 0 Å². The lowest BCUT2D eigenvalue weighted by atomic mass is 10.1. The summed E-state index contributed by atoms with van der Waals surface area (Å²) in [6.07, 6.45) is 0. The van der Waals surface area contributed by atoms with Crippen molar-refractivity contribution < 1.29 is 0 Å². The van der Waals surface area contributed by atoms with E-state index in [0.717, 1.165) is 30.2 Å². The molecule has 26 heavy (non-hydrogen) atoms. The molecule has 2 N–H and O–H groups in total. The molecule has 0 amide bonds. The summed E-state index contributed by atoms with van der Waals surface area (Å²) in [6, 6.07) is 20.7. The van der Waals surface area contributed by atoms with Crippen molar-refractivity contribution >= 4 is 11.8 Å². The van der Waals surface area contributed by atoms with E-state index in [1.807, 2.05) is 24.3 Å². The Bertz CT molecular complexity index is 827. The molecule has 0 unspecified atom stereocenters. The highest BCUT2D eigenvalue weighted by molar-refractivity contribution is 5.64. The predicted octanol–water partition coefficient (Wildman–Crippen LogP) is 5.13. The van der Waals surface area contributed by atoms with Crippen molar-refractivity contribution in [2.45, 2.75) is 27.3 Å². The van der Waals surface area contributed by atoms with Crippen molar-refractivity contribution in [3.05, 3.63) is 71.8 Å². The molecule has 134 valence electrons. The lowest BCUT2D eigenvalue weighted by Gasteiger charge is -2.13. The largest absolute Gasteiger partial charge is 0.366 e. The maximum atomic E-state index is 4.68. The summed E-state index contributed by atoms with van der Waals surface area (Å²) in [4.78, 5) is 9.31. The number of hydrogen-bond acceptors (Lipinski definition) is 4. The minimum absolute atomic E-state index is 0.531. The highest BCUT2D eigenvalue weighted by Gasteiger charge is 2.07. The zero-order valence-corrected chi connectivity index (χ0v) is 15.7. The molecule has 1 aromatic heterocycles. The molecule has 0 spiro atoms. The lowest BCUT2D eigenvalue weighted by Crippen LogP contribution is -2.12. The van der Waals surface area contributed by atoms with Crippen LogP contribution >= 0.6 is 0 Å². The lowest BCUT2D eigenvalue weighted by molar-refractivity contribution is 0.684. The number of aromatic nitrogens is 2. The van der Waals surface area contributed by atoms with Gasteiger partial charge in [0.2, 0.25) is 5.95 Å². The van der Waals surface area contributed by atoms with Crippen LogP contribution in [0.5, 0.6) is 0 Å². The first kappa shape index (κ1) is 17.9. The number of benzene rings is 2. The Labute approximate surface area is 155 Å². The monoisotopic (exact) mass is 346 g/mol. The second kappa shape index (κ2) is 8.48. The molecule has 0 saturated carbocycles. The molecule has 3 rings (SSSR count). The Balaban J connectivity index is 1.82. The first-order valence-corrected chi connectivity index (χ1v) is 9.08. The zero-order valence-electron chi connectivity index (χ0n) is 15.7. The standard InChI is InChI=1S/C22H26N4/c1-16(2)14-24-22-25-20(19-7-5-4-6-8-19)13-21(26-22)23-15-18-11-9-17(3)10-12-18/h4-13,16H,14-15H2,1-3H3,(H2,23,24,25,26). The second-order valence-corrected chi connectivity index (χ2v) is 6.94. The maximum Gasteiger partial charge on any atom is 0.225 e. The molecule has 3 aromatic rings. The number of aryl methyl sites for hydroxylation is 1. The van der Waals surface area contributed by atoms with Crippen LogP contribution < -0.4 is 10.6 Å². The van der Waals surface area contributed by atoms with Gasteiger partial charge in [-0.1, -0.05) is 74.0 Å². The molecule has 2 aromatic carbocycles. The van der Waals surface area contributed by atoms with Crippen LogP contribution in [0.4, 0.5) is 11.8 Å². The smallest absolute Gasteiger partial charge is 0.225 e. The van der Waals surface area contributed by atoms with Crippen molar-refractivity contribution in [3.63, 3.8) is 0 Å². The van der Waals surface area contributed by atoms with Gasteiger partial charge in [-0.15, -0.1) is 0 Å². The molecule has 0 atom stereocenters. The normalized spacial score (nSPS) is 10.8. The van der Waals surface area contributed by atoms with Crippen molar-refractivity contribution in [1.82, 2.24) is 9.97 Å². The van der Waals surface area contributed by atoms with E-state index in [1.165, 1.54) is 11.1 Å². The van der Waals surface area contributed by atoms with Crippen LogP contribution in [0.25, 0.3) is 11.3 Å². The average molecular weight is 346 g/mol. The summed E-state index contributed by atoms with van der Waals surface area (Å²) in [5.74, 6) is 2.01. The van der Waals surface area contributed by atoms with Crippen LogP contribution in [0.2, 0.25) is 0 Å². The minimum Gasteiger partial charge on any atom is -0.366 e. The highest BCUT2D eigenvalue weighted by atomic mass is 15.1. The molecule has 0 aliphatic rings. The summed E-state index contributed by atoms with van der Waals surface area (Å²) in [6.45, 7) is 8.01. The third-order valence-corrected chi connectivity index (χ3v) is 4.06. The number of nitrogens with one attached hydrogen (secondary N) is 2. The highest BCUT2D eigenvalue weighted by Crippen LogP contribution is 2.22. The molecular weight excluding hydrogens is 320 g/mol. The summed E-state index contributed by atoms with van der Waals surface area (Å²) in [7, 11) is 0. The van der Waals surface area contributed by atoms with Gasteiger partial charge in [0.05, 0.1) is 5.69 Å². The molecule has 0 saturated heterocycles. The van der Waals surface area contributed by atoms with Crippen LogP contribution in [-0.4, -0.2) is 16.5 Å². The van der Waals surface area contributed by atoms with E-state index < -0.39 is 0 Å². The Morgan fingerprint density at radius 3 is 2.31 bits per heavy atom. The number of nitrogens with zero attached hydrogens (tertiary/aromatic N) is 2.